The van der Waals surface area contributed by atoms with Crippen LogP contribution in [-0.4, -0.2) is 22.5 Å². The molecule has 0 saturated heterocycles. The first-order chi connectivity index (χ1) is 10.5. The maximum atomic E-state index is 13.7. The molecule has 2 rings (SSSR count). The lowest BCUT2D eigenvalue weighted by molar-refractivity contribution is 0.277. The van der Waals surface area contributed by atoms with Crippen LogP contribution in [0.2, 0.25) is 0 Å². The fraction of sp³-hybridized carbons (Fsp3) is 0.375. The predicted molar refractivity (Wildman–Crippen MR) is 85.7 cm³/mol. The van der Waals surface area contributed by atoms with Gasteiger partial charge in [-0.2, -0.15) is 5.10 Å². The van der Waals surface area contributed by atoms with E-state index in [4.69, 9.17) is 10.5 Å². The van der Waals surface area contributed by atoms with Gasteiger partial charge in [0, 0.05) is 0 Å². The number of anilines is 1. The monoisotopic (exact) mass is 304 g/mol. The second-order valence-corrected chi connectivity index (χ2v) is 5.55. The van der Waals surface area contributed by atoms with Gasteiger partial charge in [0.25, 0.3) is 0 Å². The van der Waals surface area contributed by atoms with Crippen molar-refractivity contribution in [2.75, 3.05) is 12.3 Å². The number of hydrogen-bond acceptors (Lipinski definition) is 4. The van der Waals surface area contributed by atoms with Crippen molar-refractivity contribution in [3.05, 3.63) is 41.5 Å². The van der Waals surface area contributed by atoms with E-state index in [1.807, 2.05) is 6.92 Å². The summed E-state index contributed by atoms with van der Waals surface area (Å²) in [4.78, 5) is 4.05. The van der Waals surface area contributed by atoms with Crippen molar-refractivity contribution >= 4 is 12.2 Å². The van der Waals surface area contributed by atoms with Crippen molar-refractivity contribution in [1.82, 2.24) is 9.66 Å². The zero-order valence-electron chi connectivity index (χ0n) is 13.1. The molecule has 0 aliphatic rings. The molecule has 0 fully saturated rings. The maximum Gasteiger partial charge on any atom is 0.221 e. The van der Waals surface area contributed by atoms with Crippen LogP contribution in [0.3, 0.4) is 0 Å². The highest BCUT2D eigenvalue weighted by molar-refractivity contribution is 5.80. The average molecular weight is 304 g/mol. The average Bonchev–Trinajstić information content (AvgIpc) is 2.77. The summed E-state index contributed by atoms with van der Waals surface area (Å²) in [5, 5.41) is 4.20. The van der Waals surface area contributed by atoms with Crippen molar-refractivity contribution in [2.45, 2.75) is 27.2 Å². The fourth-order valence-electron chi connectivity index (χ4n) is 1.84. The highest BCUT2D eigenvalue weighted by atomic mass is 19.1. The Morgan fingerprint density at radius 3 is 2.86 bits per heavy atom. The third kappa shape index (κ3) is 4.31. The number of hydrogen-bond donors (Lipinski definition) is 1. The number of nitrogens with two attached hydrogens (primary N) is 1. The first-order valence-electron chi connectivity index (χ1n) is 7.24. The number of imidazole rings is 1. The Balaban J connectivity index is 2.10. The van der Waals surface area contributed by atoms with E-state index in [0.717, 1.165) is 17.7 Å². The molecule has 2 N–H and O–H groups in total. The zero-order chi connectivity index (χ0) is 16.1. The van der Waals surface area contributed by atoms with Gasteiger partial charge in [-0.1, -0.05) is 19.9 Å². The smallest absolute Gasteiger partial charge is 0.221 e. The standard InChI is InChI=1S/C16H21FN4O/c1-11(2)6-7-22-15-8-13(4-5-14(15)17)9-19-21-10-12(3)20-16(21)18/h4-5,8-11H,6-7H2,1-3H3,(H2,18,20). The van der Waals surface area contributed by atoms with Crippen LogP contribution in [0, 0.1) is 18.7 Å². The highest BCUT2D eigenvalue weighted by Gasteiger charge is 2.05. The molecule has 0 unspecified atom stereocenters. The predicted octanol–water partition coefficient (Wildman–Crippen LogP) is 3.22. The Bertz CT molecular complexity index is 664. The first-order valence-corrected chi connectivity index (χ1v) is 7.24. The third-order valence-corrected chi connectivity index (χ3v) is 3.07. The van der Waals surface area contributed by atoms with Gasteiger partial charge < -0.3 is 10.5 Å². The topological polar surface area (TPSA) is 65.4 Å². The van der Waals surface area contributed by atoms with E-state index >= 15 is 0 Å². The molecule has 0 spiro atoms. The molecule has 2 aromatic rings. The normalized spacial score (nSPS) is 11.5. The number of nitrogen functional groups attached to an aromatic ring is 1. The Labute approximate surface area is 129 Å². The second kappa shape index (κ2) is 7.06. The minimum absolute atomic E-state index is 0.236. The number of aromatic nitrogens is 2. The van der Waals surface area contributed by atoms with Crippen LogP contribution in [0.15, 0.2) is 29.5 Å². The van der Waals surface area contributed by atoms with Gasteiger partial charge in [-0.3, -0.25) is 0 Å². The van der Waals surface area contributed by atoms with Gasteiger partial charge in [0.2, 0.25) is 5.95 Å². The van der Waals surface area contributed by atoms with Gasteiger partial charge >= 0.3 is 0 Å². The van der Waals surface area contributed by atoms with Crippen molar-refractivity contribution < 1.29 is 9.13 Å². The molecular formula is C16H21FN4O. The second-order valence-electron chi connectivity index (χ2n) is 5.55. The van der Waals surface area contributed by atoms with Crippen molar-refractivity contribution in [2.24, 2.45) is 11.0 Å². The van der Waals surface area contributed by atoms with Gasteiger partial charge in [-0.15, -0.1) is 0 Å². The molecule has 1 aromatic heterocycles. The summed E-state index contributed by atoms with van der Waals surface area (Å²) in [6.07, 6.45) is 4.18. The first kappa shape index (κ1) is 16.0. The summed E-state index contributed by atoms with van der Waals surface area (Å²) in [7, 11) is 0. The molecule has 0 bridgehead atoms. The molecule has 0 radical (unpaired) electrons. The lowest BCUT2D eigenvalue weighted by atomic mass is 10.1. The molecular weight excluding hydrogens is 283 g/mol. The van der Waals surface area contributed by atoms with Crippen molar-refractivity contribution in [3.8, 4) is 5.75 Å². The van der Waals surface area contributed by atoms with Crippen LogP contribution in [-0.2, 0) is 0 Å². The van der Waals surface area contributed by atoms with Crippen LogP contribution in [0.1, 0.15) is 31.5 Å². The van der Waals surface area contributed by atoms with Crippen molar-refractivity contribution in [3.63, 3.8) is 0 Å². The number of nitrogens with zero attached hydrogens (tertiary/aromatic N) is 3. The quantitative estimate of drug-likeness (QED) is 0.833. The minimum Gasteiger partial charge on any atom is -0.490 e. The minimum atomic E-state index is -0.376. The maximum absolute atomic E-state index is 13.7. The highest BCUT2D eigenvalue weighted by Crippen LogP contribution is 2.19. The molecule has 0 aliphatic heterocycles. The van der Waals surface area contributed by atoms with Gasteiger partial charge in [0.15, 0.2) is 11.6 Å². The van der Waals surface area contributed by atoms with Crippen LogP contribution >= 0.6 is 0 Å². The van der Waals surface area contributed by atoms with Crippen LogP contribution < -0.4 is 10.5 Å². The summed E-state index contributed by atoms with van der Waals surface area (Å²) >= 11 is 0. The number of halogens is 1. The van der Waals surface area contributed by atoms with E-state index in [1.165, 1.54) is 10.7 Å². The number of rotatable bonds is 6. The summed E-state index contributed by atoms with van der Waals surface area (Å²) in [6, 6.07) is 4.63. The number of benzene rings is 1. The van der Waals surface area contributed by atoms with Gasteiger partial charge in [-0.05, 0) is 37.0 Å². The molecule has 6 heteroatoms. The number of aryl methyl sites for hydroxylation is 1. The summed E-state index contributed by atoms with van der Waals surface area (Å²) < 4.78 is 20.7. The Morgan fingerprint density at radius 1 is 1.45 bits per heavy atom. The fourth-order valence-corrected chi connectivity index (χ4v) is 1.84. The molecule has 0 aliphatic carbocycles. The molecule has 22 heavy (non-hydrogen) atoms. The molecule has 0 atom stereocenters. The summed E-state index contributed by atoms with van der Waals surface area (Å²) in [6.45, 7) is 6.52. The molecule has 1 aromatic carbocycles. The molecule has 0 amide bonds. The van der Waals surface area contributed by atoms with Crippen LogP contribution in [0.5, 0.6) is 5.75 Å². The van der Waals surface area contributed by atoms with E-state index < -0.39 is 0 Å². The molecule has 118 valence electrons. The lowest BCUT2D eigenvalue weighted by Gasteiger charge is -2.09. The van der Waals surface area contributed by atoms with E-state index in [-0.39, 0.29) is 11.6 Å². The van der Waals surface area contributed by atoms with E-state index in [1.54, 1.807) is 24.5 Å². The zero-order valence-corrected chi connectivity index (χ0v) is 13.1. The molecule has 1 heterocycles. The SMILES string of the molecule is Cc1cn(N=Cc2ccc(F)c(OCCC(C)C)c2)c(N)n1. The Hall–Kier alpha value is -2.37. The van der Waals surface area contributed by atoms with Crippen LogP contribution in [0.25, 0.3) is 0 Å². The lowest BCUT2D eigenvalue weighted by Crippen LogP contribution is -2.03. The Morgan fingerprint density at radius 2 is 2.23 bits per heavy atom. The number of ether oxygens (including phenoxy) is 1. The van der Waals surface area contributed by atoms with Gasteiger partial charge in [0.1, 0.15) is 0 Å². The largest absolute Gasteiger partial charge is 0.490 e. The third-order valence-electron chi connectivity index (χ3n) is 3.07. The van der Waals surface area contributed by atoms with E-state index in [9.17, 15) is 4.39 Å². The molecule has 5 nitrogen and oxygen atoms in total. The summed E-state index contributed by atoms with van der Waals surface area (Å²) in [5.74, 6) is 0.683. The van der Waals surface area contributed by atoms with E-state index in [0.29, 0.717) is 18.5 Å². The summed E-state index contributed by atoms with van der Waals surface area (Å²) in [5.41, 5.74) is 7.22. The van der Waals surface area contributed by atoms with Gasteiger partial charge in [-0.25, -0.2) is 14.1 Å². The Kier molecular flexibility index (Phi) is 5.14. The van der Waals surface area contributed by atoms with E-state index in [2.05, 4.69) is 23.9 Å². The molecule has 0 saturated carbocycles. The van der Waals surface area contributed by atoms with Gasteiger partial charge in [0.05, 0.1) is 24.7 Å². The van der Waals surface area contributed by atoms with Crippen molar-refractivity contribution in [1.29, 1.82) is 0 Å². The van der Waals surface area contributed by atoms with Crippen LogP contribution in [0.4, 0.5) is 10.3 Å².